The van der Waals surface area contributed by atoms with Crippen LogP contribution in [0.2, 0.25) is 0 Å². The first-order valence-corrected chi connectivity index (χ1v) is 6.37. The fourth-order valence-corrected chi connectivity index (χ4v) is 1.96. The van der Waals surface area contributed by atoms with Crippen LogP contribution in [0.5, 0.6) is 5.75 Å². The second-order valence-electron chi connectivity index (χ2n) is 4.40. The van der Waals surface area contributed by atoms with Crippen LogP contribution >= 0.6 is 0 Å². The van der Waals surface area contributed by atoms with Crippen LogP contribution in [0.4, 0.5) is 0 Å². The van der Waals surface area contributed by atoms with E-state index in [4.69, 9.17) is 14.2 Å². The quantitative estimate of drug-likeness (QED) is 0.833. The van der Waals surface area contributed by atoms with Gasteiger partial charge in [0.15, 0.2) is 0 Å². The Morgan fingerprint density at radius 3 is 2.89 bits per heavy atom. The molecule has 0 unspecified atom stereocenters. The molecule has 0 bridgehead atoms. The lowest BCUT2D eigenvalue weighted by atomic mass is 10.2. The number of ether oxygens (including phenoxy) is 3. The molecule has 1 aliphatic rings. The Kier molecular flexibility index (Phi) is 5.18. The topological polar surface area (TPSA) is 56.8 Å². The Morgan fingerprint density at radius 2 is 2.16 bits per heavy atom. The van der Waals surface area contributed by atoms with Crippen molar-refractivity contribution in [3.63, 3.8) is 0 Å². The minimum atomic E-state index is -0.0609. The first-order chi connectivity index (χ1) is 9.29. The molecule has 0 saturated carbocycles. The van der Waals surface area contributed by atoms with Gasteiger partial charge in [0.05, 0.1) is 32.3 Å². The van der Waals surface area contributed by atoms with Crippen molar-refractivity contribution in [1.29, 1.82) is 0 Å². The Bertz CT molecular complexity index is 396. The van der Waals surface area contributed by atoms with Gasteiger partial charge >= 0.3 is 0 Å². The predicted octanol–water partition coefficient (Wildman–Crippen LogP) is 0.985. The summed E-state index contributed by atoms with van der Waals surface area (Å²) in [6.45, 7) is 1.40. The molecular formula is C14H19NO4. The zero-order chi connectivity index (χ0) is 13.5. The largest absolute Gasteiger partial charge is 0.493 e. The molecule has 1 aromatic rings. The molecule has 0 aliphatic carbocycles. The maximum atomic E-state index is 11.7. The number of para-hydroxylation sites is 1. The number of nitrogens with one attached hydrogen (secondary N) is 1. The Hall–Kier alpha value is -1.59. The number of hydrogen-bond donors (Lipinski definition) is 1. The minimum absolute atomic E-state index is 0.0477. The van der Waals surface area contributed by atoms with Crippen LogP contribution in [0.1, 0.15) is 6.42 Å². The van der Waals surface area contributed by atoms with Crippen LogP contribution in [0.15, 0.2) is 30.3 Å². The number of methoxy groups -OCH3 is 1. The first-order valence-electron chi connectivity index (χ1n) is 6.37. The number of hydrogen-bond acceptors (Lipinski definition) is 4. The van der Waals surface area contributed by atoms with Crippen LogP contribution in [-0.2, 0) is 14.3 Å². The molecule has 5 nitrogen and oxygen atoms in total. The van der Waals surface area contributed by atoms with Crippen LogP contribution in [0.25, 0.3) is 0 Å². The molecular weight excluding hydrogens is 246 g/mol. The van der Waals surface area contributed by atoms with Gasteiger partial charge in [0.1, 0.15) is 11.9 Å². The summed E-state index contributed by atoms with van der Waals surface area (Å²) in [5.41, 5.74) is 0. The second-order valence-corrected chi connectivity index (χ2v) is 4.40. The van der Waals surface area contributed by atoms with Gasteiger partial charge in [-0.05, 0) is 12.1 Å². The van der Waals surface area contributed by atoms with Gasteiger partial charge in [0, 0.05) is 7.11 Å². The van der Waals surface area contributed by atoms with E-state index >= 15 is 0 Å². The highest BCUT2D eigenvalue weighted by molar-refractivity contribution is 5.76. The van der Waals surface area contributed by atoms with Crippen molar-refractivity contribution in [2.75, 3.05) is 26.9 Å². The highest BCUT2D eigenvalue weighted by Crippen LogP contribution is 2.10. The summed E-state index contributed by atoms with van der Waals surface area (Å²) in [7, 11) is 1.62. The summed E-state index contributed by atoms with van der Waals surface area (Å²) < 4.78 is 16.0. The number of carbonyl (C=O) groups excluding carboxylic acids is 1. The Labute approximate surface area is 112 Å². The number of carbonyl (C=O) groups is 1. The highest BCUT2D eigenvalue weighted by atomic mass is 16.5. The van der Waals surface area contributed by atoms with Gasteiger partial charge in [-0.15, -0.1) is 0 Å². The van der Waals surface area contributed by atoms with E-state index in [0.29, 0.717) is 26.2 Å². The molecule has 19 heavy (non-hydrogen) atoms. The van der Waals surface area contributed by atoms with Crippen molar-refractivity contribution in [2.24, 2.45) is 0 Å². The Morgan fingerprint density at radius 1 is 1.37 bits per heavy atom. The Balaban J connectivity index is 1.67. The van der Waals surface area contributed by atoms with Gasteiger partial charge in [-0.3, -0.25) is 4.79 Å². The molecule has 0 spiro atoms. The van der Waals surface area contributed by atoms with Crippen molar-refractivity contribution in [1.82, 2.24) is 5.32 Å². The lowest BCUT2D eigenvalue weighted by Crippen LogP contribution is -2.43. The van der Waals surface area contributed by atoms with Crippen LogP contribution in [-0.4, -0.2) is 45.0 Å². The standard InChI is InChI=1S/C14H19NO4/c1-17-13-10-18-9-12(13)15-14(16)7-8-19-11-5-3-2-4-6-11/h2-6,12-13H,7-10H2,1H3,(H,15,16)/t12-,13-/m0/s1. The molecule has 104 valence electrons. The molecule has 0 radical (unpaired) electrons. The van der Waals surface area contributed by atoms with Gasteiger partial charge < -0.3 is 19.5 Å². The van der Waals surface area contributed by atoms with Crippen molar-refractivity contribution in [3.05, 3.63) is 30.3 Å². The predicted molar refractivity (Wildman–Crippen MR) is 70.1 cm³/mol. The van der Waals surface area contributed by atoms with E-state index in [-0.39, 0.29) is 18.1 Å². The molecule has 1 fully saturated rings. The van der Waals surface area contributed by atoms with E-state index in [1.54, 1.807) is 7.11 Å². The fourth-order valence-electron chi connectivity index (χ4n) is 1.96. The molecule has 2 atom stereocenters. The highest BCUT2D eigenvalue weighted by Gasteiger charge is 2.29. The van der Waals surface area contributed by atoms with E-state index < -0.39 is 0 Å². The number of rotatable bonds is 6. The molecule has 1 aromatic carbocycles. The van der Waals surface area contributed by atoms with Crippen molar-refractivity contribution in [3.8, 4) is 5.75 Å². The molecule has 1 saturated heterocycles. The van der Waals surface area contributed by atoms with Gasteiger partial charge in [-0.2, -0.15) is 0 Å². The van der Waals surface area contributed by atoms with Gasteiger partial charge in [0.25, 0.3) is 0 Å². The SMILES string of the molecule is CO[C@H]1COC[C@@H]1NC(=O)CCOc1ccccc1. The zero-order valence-electron chi connectivity index (χ0n) is 11.0. The summed E-state index contributed by atoms with van der Waals surface area (Å²) in [5, 5.41) is 2.90. The monoisotopic (exact) mass is 265 g/mol. The van der Waals surface area contributed by atoms with Gasteiger partial charge in [0.2, 0.25) is 5.91 Å². The summed E-state index contributed by atoms with van der Waals surface area (Å²) in [6, 6.07) is 9.38. The van der Waals surface area contributed by atoms with Crippen LogP contribution in [0.3, 0.4) is 0 Å². The van der Waals surface area contributed by atoms with Gasteiger partial charge in [-0.25, -0.2) is 0 Å². The fraction of sp³-hybridized carbons (Fsp3) is 0.500. The van der Waals surface area contributed by atoms with E-state index in [1.807, 2.05) is 30.3 Å². The third kappa shape index (κ3) is 4.22. The second kappa shape index (κ2) is 7.11. The molecule has 2 rings (SSSR count). The lowest BCUT2D eigenvalue weighted by molar-refractivity contribution is -0.122. The molecule has 0 aromatic heterocycles. The van der Waals surface area contributed by atoms with Crippen molar-refractivity contribution < 1.29 is 19.0 Å². The van der Waals surface area contributed by atoms with Crippen molar-refractivity contribution in [2.45, 2.75) is 18.6 Å². The van der Waals surface area contributed by atoms with E-state index in [1.165, 1.54) is 0 Å². The summed E-state index contributed by atoms with van der Waals surface area (Å²) in [4.78, 5) is 11.7. The summed E-state index contributed by atoms with van der Waals surface area (Å²) in [6.07, 6.45) is 0.265. The van der Waals surface area contributed by atoms with E-state index in [2.05, 4.69) is 5.32 Å². The molecule has 5 heteroatoms. The summed E-state index contributed by atoms with van der Waals surface area (Å²) in [5.74, 6) is 0.725. The zero-order valence-corrected chi connectivity index (χ0v) is 11.0. The normalized spacial score (nSPS) is 22.2. The lowest BCUT2D eigenvalue weighted by Gasteiger charge is -2.17. The number of benzene rings is 1. The summed E-state index contributed by atoms with van der Waals surface area (Å²) >= 11 is 0. The third-order valence-corrected chi connectivity index (χ3v) is 3.02. The maximum absolute atomic E-state index is 11.7. The average molecular weight is 265 g/mol. The first kappa shape index (κ1) is 13.8. The molecule has 1 N–H and O–H groups in total. The minimum Gasteiger partial charge on any atom is -0.493 e. The van der Waals surface area contributed by atoms with Crippen LogP contribution in [0, 0.1) is 0 Å². The van der Waals surface area contributed by atoms with Gasteiger partial charge in [-0.1, -0.05) is 18.2 Å². The average Bonchev–Trinajstić information content (AvgIpc) is 2.87. The maximum Gasteiger partial charge on any atom is 0.223 e. The van der Waals surface area contributed by atoms with E-state index in [0.717, 1.165) is 5.75 Å². The molecule has 1 amide bonds. The van der Waals surface area contributed by atoms with E-state index in [9.17, 15) is 4.79 Å². The smallest absolute Gasteiger partial charge is 0.223 e. The number of amides is 1. The van der Waals surface area contributed by atoms with Crippen molar-refractivity contribution >= 4 is 5.91 Å². The molecule has 1 aliphatic heterocycles. The van der Waals surface area contributed by atoms with Crippen LogP contribution < -0.4 is 10.1 Å². The third-order valence-electron chi connectivity index (χ3n) is 3.02. The molecule has 1 heterocycles.